The summed E-state index contributed by atoms with van der Waals surface area (Å²) < 4.78 is 5.82. The van der Waals surface area contributed by atoms with E-state index in [-0.39, 0.29) is 11.9 Å². The third kappa shape index (κ3) is 4.21. The molecule has 21 heavy (non-hydrogen) atoms. The zero-order valence-corrected chi connectivity index (χ0v) is 13.2. The van der Waals surface area contributed by atoms with Crippen molar-refractivity contribution in [3.05, 3.63) is 29.8 Å². The van der Waals surface area contributed by atoms with E-state index in [4.69, 9.17) is 10.5 Å². The Hall–Kier alpha value is -1.55. The Morgan fingerprint density at radius 2 is 1.95 bits per heavy atom. The van der Waals surface area contributed by atoms with Crippen LogP contribution >= 0.6 is 0 Å². The Kier molecular flexibility index (Phi) is 5.23. The van der Waals surface area contributed by atoms with E-state index in [0.29, 0.717) is 5.92 Å². The van der Waals surface area contributed by atoms with Crippen LogP contribution in [0.5, 0.6) is 5.75 Å². The first-order valence-corrected chi connectivity index (χ1v) is 7.78. The number of ether oxygens (including phenoxy) is 1. The molecule has 0 aliphatic carbocycles. The van der Waals surface area contributed by atoms with Gasteiger partial charge in [0.1, 0.15) is 5.75 Å². The maximum atomic E-state index is 12.4. The Morgan fingerprint density at radius 1 is 1.29 bits per heavy atom. The summed E-state index contributed by atoms with van der Waals surface area (Å²) in [4.78, 5) is 14.2. The molecule has 0 aromatic heterocycles. The molecule has 1 atom stereocenters. The number of amides is 1. The monoisotopic (exact) mass is 290 g/mol. The summed E-state index contributed by atoms with van der Waals surface area (Å²) in [6, 6.07) is 8.20. The van der Waals surface area contributed by atoms with E-state index < -0.39 is 6.10 Å². The molecule has 1 heterocycles. The number of benzene rings is 1. The number of piperidine rings is 1. The van der Waals surface area contributed by atoms with E-state index in [1.54, 1.807) is 0 Å². The second-order valence-electron chi connectivity index (χ2n) is 6.15. The lowest BCUT2D eigenvalue weighted by Gasteiger charge is -2.32. The Morgan fingerprint density at radius 3 is 2.57 bits per heavy atom. The Labute approximate surface area is 127 Å². The van der Waals surface area contributed by atoms with Crippen LogP contribution in [0.25, 0.3) is 0 Å². The van der Waals surface area contributed by atoms with Gasteiger partial charge in [0.2, 0.25) is 0 Å². The second-order valence-corrected chi connectivity index (χ2v) is 6.15. The third-order valence-corrected chi connectivity index (χ3v) is 4.04. The van der Waals surface area contributed by atoms with Gasteiger partial charge in [-0.25, -0.2) is 0 Å². The molecule has 2 N–H and O–H groups in total. The average Bonchev–Trinajstić information content (AvgIpc) is 2.47. The molecule has 1 aliphatic heterocycles. The molecule has 1 aromatic carbocycles. The van der Waals surface area contributed by atoms with Crippen LogP contribution in [0.15, 0.2) is 24.3 Å². The first kappa shape index (κ1) is 15.8. The van der Waals surface area contributed by atoms with Gasteiger partial charge in [-0.1, -0.05) is 26.0 Å². The number of nitrogens with two attached hydrogens (primary N) is 1. The highest BCUT2D eigenvalue weighted by Gasteiger charge is 2.25. The summed E-state index contributed by atoms with van der Waals surface area (Å²) >= 11 is 0. The third-order valence-electron chi connectivity index (χ3n) is 4.04. The highest BCUT2D eigenvalue weighted by atomic mass is 16.5. The molecule has 1 amide bonds. The van der Waals surface area contributed by atoms with Gasteiger partial charge in [0.25, 0.3) is 5.91 Å². The van der Waals surface area contributed by atoms with E-state index in [9.17, 15) is 4.79 Å². The molecule has 1 saturated heterocycles. The van der Waals surface area contributed by atoms with Crippen LogP contribution in [0.2, 0.25) is 0 Å². The summed E-state index contributed by atoms with van der Waals surface area (Å²) in [6.45, 7) is 7.58. The first-order valence-electron chi connectivity index (χ1n) is 7.78. The van der Waals surface area contributed by atoms with E-state index >= 15 is 0 Å². The van der Waals surface area contributed by atoms with E-state index in [0.717, 1.165) is 31.7 Å². The van der Waals surface area contributed by atoms with E-state index in [1.807, 2.05) is 30.0 Å². The number of nitrogens with zero attached hydrogens (tertiary/aromatic N) is 1. The molecule has 4 heteroatoms. The zero-order chi connectivity index (χ0) is 15.4. The molecular formula is C17H26N2O2. The number of carbonyl (C=O) groups is 1. The molecule has 2 rings (SSSR count). The number of hydrogen-bond donors (Lipinski definition) is 1. The lowest BCUT2D eigenvalue weighted by Crippen LogP contribution is -2.47. The predicted octanol–water partition coefficient (Wildman–Crippen LogP) is 2.53. The highest BCUT2D eigenvalue weighted by molar-refractivity contribution is 5.81. The predicted molar refractivity (Wildman–Crippen MR) is 84.4 cm³/mol. The molecular weight excluding hydrogens is 264 g/mol. The van der Waals surface area contributed by atoms with Gasteiger partial charge in [0, 0.05) is 19.1 Å². The van der Waals surface area contributed by atoms with Crippen molar-refractivity contribution in [2.24, 2.45) is 5.73 Å². The molecule has 0 bridgehead atoms. The molecule has 4 nitrogen and oxygen atoms in total. The largest absolute Gasteiger partial charge is 0.481 e. The SMILES string of the molecule is CC(Oc1cccc(C(C)C)c1)C(=O)N1CCC(N)CC1. The van der Waals surface area contributed by atoms with Crippen molar-refractivity contribution in [2.45, 2.75) is 51.7 Å². The topological polar surface area (TPSA) is 55.6 Å². The molecule has 0 radical (unpaired) electrons. The number of carbonyl (C=O) groups excluding carboxylic acids is 1. The van der Waals surface area contributed by atoms with Gasteiger partial charge >= 0.3 is 0 Å². The smallest absolute Gasteiger partial charge is 0.263 e. The minimum atomic E-state index is -0.457. The normalized spacial score (nSPS) is 17.9. The van der Waals surface area contributed by atoms with Crippen LogP contribution < -0.4 is 10.5 Å². The van der Waals surface area contributed by atoms with Crippen LogP contribution in [-0.4, -0.2) is 36.0 Å². The van der Waals surface area contributed by atoms with Crippen LogP contribution in [0.3, 0.4) is 0 Å². The van der Waals surface area contributed by atoms with Gasteiger partial charge in [-0.2, -0.15) is 0 Å². The average molecular weight is 290 g/mol. The van der Waals surface area contributed by atoms with Gasteiger partial charge in [0.05, 0.1) is 0 Å². The van der Waals surface area contributed by atoms with Crippen LogP contribution in [0.1, 0.15) is 45.1 Å². The lowest BCUT2D eigenvalue weighted by molar-refractivity contribution is -0.139. The second kappa shape index (κ2) is 6.94. The summed E-state index contributed by atoms with van der Waals surface area (Å²) in [5.41, 5.74) is 7.09. The fourth-order valence-electron chi connectivity index (χ4n) is 2.58. The zero-order valence-electron chi connectivity index (χ0n) is 13.2. The maximum absolute atomic E-state index is 12.4. The van der Waals surface area contributed by atoms with Crippen LogP contribution in [0, 0.1) is 0 Å². The fourth-order valence-corrected chi connectivity index (χ4v) is 2.58. The summed E-state index contributed by atoms with van der Waals surface area (Å²) in [7, 11) is 0. The Balaban J connectivity index is 1.95. The van der Waals surface area contributed by atoms with Crippen molar-refractivity contribution < 1.29 is 9.53 Å². The van der Waals surface area contributed by atoms with Gasteiger partial charge in [-0.05, 0) is 43.4 Å². The van der Waals surface area contributed by atoms with Crippen molar-refractivity contribution in [1.29, 1.82) is 0 Å². The Bertz CT molecular complexity index is 479. The minimum Gasteiger partial charge on any atom is -0.481 e. The summed E-state index contributed by atoms with van der Waals surface area (Å²) in [5, 5.41) is 0. The fraction of sp³-hybridized carbons (Fsp3) is 0.588. The van der Waals surface area contributed by atoms with Gasteiger partial charge < -0.3 is 15.4 Å². The summed E-state index contributed by atoms with van der Waals surface area (Å²) in [5.74, 6) is 1.26. The highest BCUT2D eigenvalue weighted by Crippen LogP contribution is 2.21. The molecule has 0 saturated carbocycles. The molecule has 0 spiro atoms. The van der Waals surface area contributed by atoms with Crippen molar-refractivity contribution in [3.8, 4) is 5.75 Å². The number of rotatable bonds is 4. The number of likely N-dealkylation sites (tertiary alicyclic amines) is 1. The maximum Gasteiger partial charge on any atom is 0.263 e. The summed E-state index contributed by atoms with van der Waals surface area (Å²) in [6.07, 6.45) is 1.30. The minimum absolute atomic E-state index is 0.0526. The lowest BCUT2D eigenvalue weighted by atomic mass is 10.0. The van der Waals surface area contributed by atoms with Crippen molar-refractivity contribution in [1.82, 2.24) is 4.90 Å². The quantitative estimate of drug-likeness (QED) is 0.927. The van der Waals surface area contributed by atoms with Gasteiger partial charge in [0.15, 0.2) is 6.10 Å². The molecule has 1 fully saturated rings. The van der Waals surface area contributed by atoms with E-state index in [1.165, 1.54) is 5.56 Å². The first-order chi connectivity index (χ1) is 9.97. The molecule has 1 unspecified atom stereocenters. The standard InChI is InChI=1S/C17H26N2O2/c1-12(2)14-5-4-6-16(11-14)21-13(3)17(20)19-9-7-15(18)8-10-19/h4-6,11-13,15H,7-10,18H2,1-3H3. The number of hydrogen-bond acceptors (Lipinski definition) is 3. The van der Waals surface area contributed by atoms with E-state index in [2.05, 4.69) is 19.9 Å². The van der Waals surface area contributed by atoms with Gasteiger partial charge in [-0.3, -0.25) is 4.79 Å². The van der Waals surface area contributed by atoms with Crippen LogP contribution in [-0.2, 0) is 4.79 Å². The van der Waals surface area contributed by atoms with Crippen molar-refractivity contribution >= 4 is 5.91 Å². The van der Waals surface area contributed by atoms with Crippen LogP contribution in [0.4, 0.5) is 0 Å². The van der Waals surface area contributed by atoms with Gasteiger partial charge in [-0.15, -0.1) is 0 Å². The molecule has 1 aromatic rings. The van der Waals surface area contributed by atoms with Crippen molar-refractivity contribution in [3.63, 3.8) is 0 Å². The molecule has 116 valence electrons. The molecule has 1 aliphatic rings. The van der Waals surface area contributed by atoms with Crippen molar-refractivity contribution in [2.75, 3.05) is 13.1 Å².